The number of ether oxygens (including phenoxy) is 2. The number of rotatable bonds is 8. The van der Waals surface area contributed by atoms with E-state index in [1.807, 2.05) is 0 Å². The van der Waals surface area contributed by atoms with Crippen LogP contribution >= 0.6 is 15.9 Å². The van der Waals surface area contributed by atoms with Crippen molar-refractivity contribution in [2.24, 2.45) is 0 Å². The van der Waals surface area contributed by atoms with Gasteiger partial charge < -0.3 is 18.8 Å². The zero-order valence-corrected chi connectivity index (χ0v) is 29.1. The molecule has 1 spiro atoms. The Morgan fingerprint density at radius 1 is 1.11 bits per heavy atom. The Hall–Kier alpha value is -1.44. The van der Waals surface area contributed by atoms with Crippen molar-refractivity contribution in [1.29, 1.82) is 0 Å². The van der Waals surface area contributed by atoms with Crippen LogP contribution in [0.15, 0.2) is 4.47 Å². The van der Waals surface area contributed by atoms with Gasteiger partial charge in [0.05, 0.1) is 46.2 Å². The van der Waals surface area contributed by atoms with Crippen LogP contribution in [0.5, 0.6) is 6.01 Å². The Balaban J connectivity index is 1.09. The summed E-state index contributed by atoms with van der Waals surface area (Å²) in [5.74, 6) is 0.359. The third kappa shape index (κ3) is 4.09. The predicted octanol–water partition coefficient (Wildman–Crippen LogP) is 5.94. The summed E-state index contributed by atoms with van der Waals surface area (Å²) < 4.78 is 49.6. The molecule has 1 aliphatic carbocycles. The Morgan fingerprint density at radius 2 is 1.91 bits per heavy atom. The van der Waals surface area contributed by atoms with Gasteiger partial charge in [-0.15, -0.1) is 0 Å². The lowest BCUT2D eigenvalue weighted by atomic mass is 9.52. The van der Waals surface area contributed by atoms with Crippen LogP contribution in [0.1, 0.15) is 64.0 Å². The molecule has 240 valence electrons. The highest BCUT2D eigenvalue weighted by molar-refractivity contribution is 9.10. The Bertz CT molecular complexity index is 1520. The SMILES string of the molecule is CC(C)(C)[Si](C)(C)OCCN1CC2N(c3nc(OC[C@@]45CCCN4C[C@H](F)C5)nc4c(F)c(Br)c5c(c34)COC5)C3CCC321. The minimum absolute atomic E-state index is 0.145. The van der Waals surface area contributed by atoms with Crippen LogP contribution < -0.4 is 9.64 Å². The number of alkyl halides is 1. The molecule has 8 rings (SSSR count). The van der Waals surface area contributed by atoms with Gasteiger partial charge in [-0.2, -0.15) is 9.97 Å². The summed E-state index contributed by atoms with van der Waals surface area (Å²) in [6.45, 7) is 16.5. The van der Waals surface area contributed by atoms with Gasteiger partial charge >= 0.3 is 6.01 Å². The van der Waals surface area contributed by atoms with Crippen LogP contribution in [0.2, 0.25) is 18.1 Å². The fourth-order valence-corrected chi connectivity index (χ4v) is 10.5. The molecule has 1 saturated carbocycles. The number of fused-ring (bicyclic) bond motifs is 4. The second-order valence-electron chi connectivity index (χ2n) is 15.5. The van der Waals surface area contributed by atoms with Crippen LogP contribution in [-0.2, 0) is 22.4 Å². The highest BCUT2D eigenvalue weighted by Gasteiger charge is 2.75. The Labute approximate surface area is 268 Å². The van der Waals surface area contributed by atoms with Crippen LogP contribution in [0.4, 0.5) is 14.6 Å². The number of halogens is 3. The molecule has 0 bridgehead atoms. The highest BCUT2D eigenvalue weighted by atomic mass is 79.9. The van der Waals surface area contributed by atoms with E-state index in [0.29, 0.717) is 49.3 Å². The van der Waals surface area contributed by atoms with Crippen LogP contribution in [0, 0.1) is 5.82 Å². The molecule has 1 aromatic carbocycles. The summed E-state index contributed by atoms with van der Waals surface area (Å²) in [6, 6.07) is 0.808. The van der Waals surface area contributed by atoms with Gasteiger partial charge in [-0.1, -0.05) is 20.8 Å². The van der Waals surface area contributed by atoms with Gasteiger partial charge in [0.25, 0.3) is 0 Å². The number of piperazine rings is 1. The van der Waals surface area contributed by atoms with Crippen molar-refractivity contribution in [3.05, 3.63) is 21.4 Å². The summed E-state index contributed by atoms with van der Waals surface area (Å²) in [5, 5.41) is 0.939. The third-order valence-electron chi connectivity index (χ3n) is 12.4. The zero-order valence-electron chi connectivity index (χ0n) is 26.5. The summed E-state index contributed by atoms with van der Waals surface area (Å²) in [4.78, 5) is 17.0. The molecule has 5 aliphatic heterocycles. The van der Waals surface area contributed by atoms with Crippen molar-refractivity contribution in [1.82, 2.24) is 19.8 Å². The molecule has 3 unspecified atom stereocenters. The lowest BCUT2D eigenvalue weighted by Crippen LogP contribution is -2.96. The van der Waals surface area contributed by atoms with E-state index in [2.05, 4.69) is 69.5 Å². The molecule has 4 saturated heterocycles. The number of likely N-dealkylation sites (tertiary alicyclic amines) is 1. The third-order valence-corrected chi connectivity index (χ3v) is 17.8. The molecule has 5 fully saturated rings. The van der Waals surface area contributed by atoms with Gasteiger partial charge in [-0.05, 0) is 71.9 Å². The topological polar surface area (TPSA) is 63.2 Å². The van der Waals surface area contributed by atoms with Gasteiger partial charge in [0, 0.05) is 38.2 Å². The quantitative estimate of drug-likeness (QED) is 0.315. The molecule has 6 aliphatic rings. The van der Waals surface area contributed by atoms with Crippen LogP contribution in [0.3, 0.4) is 0 Å². The molecule has 0 N–H and O–H groups in total. The first-order valence-corrected chi connectivity index (χ1v) is 20.0. The lowest BCUT2D eigenvalue weighted by Gasteiger charge is -2.81. The summed E-state index contributed by atoms with van der Waals surface area (Å²) in [6.07, 6.45) is 3.79. The maximum Gasteiger partial charge on any atom is 0.319 e. The summed E-state index contributed by atoms with van der Waals surface area (Å²) >= 11 is 3.49. The van der Waals surface area contributed by atoms with E-state index in [-0.39, 0.29) is 27.6 Å². The normalized spacial score (nSPS) is 33.0. The van der Waals surface area contributed by atoms with Crippen molar-refractivity contribution in [2.45, 2.75) is 114 Å². The van der Waals surface area contributed by atoms with Gasteiger partial charge in [0.2, 0.25) is 0 Å². The van der Waals surface area contributed by atoms with Crippen molar-refractivity contribution in [3.8, 4) is 6.01 Å². The fourth-order valence-electron chi connectivity index (χ4n) is 8.88. The molecule has 8 nitrogen and oxygen atoms in total. The molecule has 0 radical (unpaired) electrons. The fraction of sp³-hybridized carbons (Fsp3) is 0.750. The van der Waals surface area contributed by atoms with Crippen molar-refractivity contribution in [3.63, 3.8) is 0 Å². The summed E-state index contributed by atoms with van der Waals surface area (Å²) in [5.41, 5.74) is 1.89. The molecular weight excluding hydrogens is 648 g/mol. The molecule has 2 aromatic rings. The first-order chi connectivity index (χ1) is 20.9. The van der Waals surface area contributed by atoms with E-state index in [1.165, 1.54) is 0 Å². The first kappa shape index (κ1) is 29.9. The minimum Gasteiger partial charge on any atom is -0.461 e. The summed E-state index contributed by atoms with van der Waals surface area (Å²) in [7, 11) is -1.80. The number of hydrogen-bond donors (Lipinski definition) is 0. The van der Waals surface area contributed by atoms with E-state index < -0.39 is 20.3 Å². The number of aromatic nitrogens is 2. The van der Waals surface area contributed by atoms with E-state index >= 15 is 4.39 Å². The van der Waals surface area contributed by atoms with Gasteiger partial charge in [0.1, 0.15) is 24.1 Å². The predicted molar refractivity (Wildman–Crippen MR) is 171 cm³/mol. The number of nitrogens with zero attached hydrogens (tertiary/aromatic N) is 5. The zero-order chi connectivity index (χ0) is 30.8. The number of piperidine rings is 1. The smallest absolute Gasteiger partial charge is 0.319 e. The molecule has 44 heavy (non-hydrogen) atoms. The van der Waals surface area contributed by atoms with E-state index in [4.69, 9.17) is 18.9 Å². The Morgan fingerprint density at radius 3 is 2.64 bits per heavy atom. The van der Waals surface area contributed by atoms with Gasteiger partial charge in [0.15, 0.2) is 14.1 Å². The maximum absolute atomic E-state index is 16.0. The van der Waals surface area contributed by atoms with Gasteiger partial charge in [-0.3, -0.25) is 9.80 Å². The second-order valence-corrected chi connectivity index (χ2v) is 21.1. The number of anilines is 1. The lowest BCUT2D eigenvalue weighted by molar-refractivity contribution is -0.180. The molecular formula is C32H44BrF2N5O3Si. The maximum atomic E-state index is 16.0. The van der Waals surface area contributed by atoms with E-state index in [1.54, 1.807) is 0 Å². The van der Waals surface area contributed by atoms with Gasteiger partial charge in [-0.25, -0.2) is 8.78 Å². The molecule has 5 atom stereocenters. The van der Waals surface area contributed by atoms with Crippen molar-refractivity contribution < 1.29 is 22.7 Å². The van der Waals surface area contributed by atoms with Crippen molar-refractivity contribution >= 4 is 41.0 Å². The standard InChI is InChI=1S/C32H44BrF2N5O3Si/c1-30(2,3)44(4,5)43-12-11-39-15-23-32(39)9-7-22(32)40(23)28-24-20-16-41-17-21(20)25(33)26(35)27(24)36-29(37-28)42-18-31-8-6-10-38(31)14-19(34)13-31/h19,22-23H,6-18H2,1-5H3/t19-,22?,23?,31+,32?/m1/s1. The van der Waals surface area contributed by atoms with E-state index in [9.17, 15) is 4.39 Å². The van der Waals surface area contributed by atoms with Crippen LogP contribution in [-0.4, -0.2) is 96.8 Å². The highest BCUT2D eigenvalue weighted by Crippen LogP contribution is 2.62. The number of hydrogen-bond acceptors (Lipinski definition) is 8. The molecule has 12 heteroatoms. The monoisotopic (exact) mass is 691 g/mol. The minimum atomic E-state index is -1.80. The number of benzene rings is 1. The largest absolute Gasteiger partial charge is 0.461 e. The Kier molecular flexibility index (Phi) is 6.82. The second kappa shape index (κ2) is 10.0. The average Bonchev–Trinajstić information content (AvgIpc) is 3.64. The molecule has 0 amide bonds. The van der Waals surface area contributed by atoms with Crippen molar-refractivity contribution in [2.75, 3.05) is 44.3 Å². The van der Waals surface area contributed by atoms with Crippen LogP contribution in [0.25, 0.3) is 10.9 Å². The average molecular weight is 693 g/mol. The first-order valence-electron chi connectivity index (χ1n) is 16.3. The molecule has 1 aromatic heterocycles. The van der Waals surface area contributed by atoms with E-state index in [0.717, 1.165) is 74.3 Å². The molecule has 6 heterocycles.